The van der Waals surface area contributed by atoms with Crippen LogP contribution in [0, 0.1) is 10.1 Å². The molecule has 0 heterocycles. The lowest BCUT2D eigenvalue weighted by Gasteiger charge is -2.12. The number of nitrogens with two attached hydrogens (primary N) is 1. The van der Waals surface area contributed by atoms with Crippen molar-refractivity contribution >= 4 is 35.3 Å². The number of esters is 2. The molecule has 0 amide bonds. The van der Waals surface area contributed by atoms with Gasteiger partial charge in [0.05, 0.1) is 47.0 Å². The molecule has 0 aliphatic heterocycles. The molecule has 3 aromatic carbocycles. The van der Waals surface area contributed by atoms with Gasteiger partial charge in [0.15, 0.2) is 5.75 Å². The van der Waals surface area contributed by atoms with Gasteiger partial charge < -0.3 is 30.2 Å². The Morgan fingerprint density at radius 3 is 1.86 bits per heavy atom. The van der Waals surface area contributed by atoms with E-state index in [1.807, 2.05) is 0 Å². The normalized spacial score (nSPS) is 10.7. The van der Waals surface area contributed by atoms with Gasteiger partial charge in [0.2, 0.25) is 0 Å². The molecule has 0 radical (unpaired) electrons. The molecule has 3 aromatic rings. The van der Waals surface area contributed by atoms with Crippen molar-refractivity contribution < 1.29 is 48.5 Å². The van der Waals surface area contributed by atoms with Crippen molar-refractivity contribution in [3.8, 4) is 16.9 Å². The second kappa shape index (κ2) is 19.4. The topological polar surface area (TPSA) is 206 Å². The van der Waals surface area contributed by atoms with Crippen molar-refractivity contribution in [2.24, 2.45) is 0 Å². The third kappa shape index (κ3) is 11.6. The molecule has 4 N–H and O–H groups in total. The number of nitrogens with zero attached hydrogens (tertiary/aromatic N) is 1. The summed E-state index contributed by atoms with van der Waals surface area (Å²) in [5, 5.41) is 30.2. The second-order valence-corrected chi connectivity index (χ2v) is 11.4. The number of anilines is 1. The van der Waals surface area contributed by atoms with Gasteiger partial charge in [-0.25, -0.2) is 19.2 Å². The molecule has 49 heavy (non-hydrogen) atoms. The third-order valence-corrected chi connectivity index (χ3v) is 7.74. The summed E-state index contributed by atoms with van der Waals surface area (Å²) in [5.41, 5.74) is 6.79. The molecule has 0 unspecified atom stereocenters. The zero-order valence-corrected chi connectivity index (χ0v) is 27.5. The van der Waals surface area contributed by atoms with Gasteiger partial charge in [-0.3, -0.25) is 10.1 Å². The van der Waals surface area contributed by atoms with E-state index in [2.05, 4.69) is 6.92 Å². The number of hydrogen-bond donors (Lipinski definition) is 3. The third-order valence-electron chi connectivity index (χ3n) is 7.74. The van der Waals surface area contributed by atoms with Gasteiger partial charge in [-0.1, -0.05) is 51.2 Å². The quantitative estimate of drug-likeness (QED) is 0.0328. The maximum atomic E-state index is 12.5. The molecule has 13 nitrogen and oxygen atoms in total. The van der Waals surface area contributed by atoms with Gasteiger partial charge in [0, 0.05) is 23.4 Å². The Labute approximate surface area is 284 Å². The Bertz CT molecular complexity index is 1620. The van der Waals surface area contributed by atoms with E-state index in [4.69, 9.17) is 25.1 Å². The van der Waals surface area contributed by atoms with Crippen molar-refractivity contribution in [2.45, 2.75) is 71.1 Å². The summed E-state index contributed by atoms with van der Waals surface area (Å²) in [5.74, 6) is -4.01. The van der Waals surface area contributed by atoms with Crippen molar-refractivity contribution in [3.63, 3.8) is 0 Å². The molecular weight excluding hydrogens is 636 g/mol. The van der Waals surface area contributed by atoms with E-state index in [0.29, 0.717) is 54.7 Å². The molecule has 0 aliphatic carbocycles. The molecule has 0 spiro atoms. The minimum atomic E-state index is -1.38. The molecule has 0 saturated heterocycles. The Hall–Kier alpha value is -5.46. The highest BCUT2D eigenvalue weighted by Gasteiger charge is 2.21. The summed E-state index contributed by atoms with van der Waals surface area (Å²) < 4.78 is 16.2. The summed E-state index contributed by atoms with van der Waals surface area (Å²) >= 11 is 0. The average Bonchev–Trinajstić information content (AvgIpc) is 3.08. The van der Waals surface area contributed by atoms with Crippen molar-refractivity contribution in [1.82, 2.24) is 0 Å². The van der Waals surface area contributed by atoms with Crippen LogP contribution in [0.1, 0.15) is 113 Å². The largest absolute Gasteiger partial charge is 0.487 e. The number of nitro groups is 1. The summed E-state index contributed by atoms with van der Waals surface area (Å²) in [4.78, 5) is 58.8. The standard InChI is InChI=1S/C36H42N2O11/c1-2-3-4-5-6-9-18-47-32-23-30(37)28(22-31(32)38(45)46)24-12-14-25(15-13-24)35(43)48-19-10-7-8-11-20-49-36(44)29-21-26(33(39)40)16-17-27(29)34(41)42/h12-17,21-23H,2-11,18-20,37H2,1H3,(H,39,40)(H,41,42). The van der Waals surface area contributed by atoms with E-state index in [0.717, 1.165) is 50.3 Å². The smallest absolute Gasteiger partial charge is 0.339 e. The van der Waals surface area contributed by atoms with Crippen molar-refractivity contribution in [2.75, 3.05) is 25.6 Å². The lowest BCUT2D eigenvalue weighted by atomic mass is 10.0. The number of ether oxygens (including phenoxy) is 3. The van der Waals surface area contributed by atoms with Crippen LogP contribution in [-0.2, 0) is 9.47 Å². The molecule has 0 atom stereocenters. The number of carboxylic acid groups (broad SMARTS) is 2. The minimum absolute atomic E-state index is 0.00391. The molecule has 3 rings (SSSR count). The van der Waals surface area contributed by atoms with Crippen LogP contribution in [-0.4, -0.2) is 58.8 Å². The molecule has 0 aromatic heterocycles. The highest BCUT2D eigenvalue weighted by Crippen LogP contribution is 2.37. The molecule has 0 fully saturated rings. The van der Waals surface area contributed by atoms with E-state index >= 15 is 0 Å². The molecular formula is C36H42N2O11. The van der Waals surface area contributed by atoms with Crippen molar-refractivity contribution in [1.29, 1.82) is 0 Å². The number of carboxylic acids is 2. The predicted octanol–water partition coefficient (Wildman–Crippen LogP) is 7.55. The first-order chi connectivity index (χ1) is 23.5. The molecule has 13 heteroatoms. The molecule has 0 saturated carbocycles. The maximum Gasteiger partial charge on any atom is 0.339 e. The van der Waals surface area contributed by atoms with Crippen LogP contribution in [0.4, 0.5) is 11.4 Å². The number of aromatic carboxylic acids is 2. The van der Waals surface area contributed by atoms with Crippen LogP contribution in [0.3, 0.4) is 0 Å². The number of nitrogen functional groups attached to an aromatic ring is 1. The lowest BCUT2D eigenvalue weighted by molar-refractivity contribution is -0.385. The first-order valence-electron chi connectivity index (χ1n) is 16.3. The number of carbonyl (C=O) groups is 4. The Morgan fingerprint density at radius 2 is 1.27 bits per heavy atom. The van der Waals surface area contributed by atoms with E-state index in [-0.39, 0.29) is 41.3 Å². The minimum Gasteiger partial charge on any atom is -0.487 e. The van der Waals surface area contributed by atoms with Gasteiger partial charge in [-0.05, 0) is 68.0 Å². The van der Waals surface area contributed by atoms with Crippen LogP contribution < -0.4 is 10.5 Å². The number of carbonyl (C=O) groups excluding carboxylic acids is 2. The zero-order chi connectivity index (χ0) is 35.8. The average molecular weight is 679 g/mol. The molecule has 262 valence electrons. The Kier molecular flexibility index (Phi) is 15.0. The summed E-state index contributed by atoms with van der Waals surface area (Å²) in [6.07, 6.45) is 8.71. The fourth-order valence-corrected chi connectivity index (χ4v) is 5.02. The van der Waals surface area contributed by atoms with Crippen LogP contribution in [0.5, 0.6) is 5.75 Å². The monoisotopic (exact) mass is 678 g/mol. The number of nitro benzene ring substituents is 1. The fraction of sp³-hybridized carbons (Fsp3) is 0.389. The van der Waals surface area contributed by atoms with Crippen molar-refractivity contribution in [3.05, 3.63) is 87.0 Å². The van der Waals surface area contributed by atoms with Gasteiger partial charge in [0.1, 0.15) is 0 Å². The second-order valence-electron chi connectivity index (χ2n) is 11.4. The van der Waals surface area contributed by atoms with E-state index in [9.17, 15) is 34.4 Å². The maximum absolute atomic E-state index is 12.5. The predicted molar refractivity (Wildman–Crippen MR) is 181 cm³/mol. The highest BCUT2D eigenvalue weighted by molar-refractivity contribution is 6.04. The van der Waals surface area contributed by atoms with Crippen LogP contribution >= 0.6 is 0 Å². The van der Waals surface area contributed by atoms with Gasteiger partial charge >= 0.3 is 29.6 Å². The van der Waals surface area contributed by atoms with E-state index < -0.39 is 28.8 Å². The summed E-state index contributed by atoms with van der Waals surface area (Å²) in [6, 6.07) is 12.4. The summed E-state index contributed by atoms with van der Waals surface area (Å²) in [6.45, 7) is 2.68. The first-order valence-corrected chi connectivity index (χ1v) is 16.3. The van der Waals surface area contributed by atoms with E-state index in [1.54, 1.807) is 24.3 Å². The zero-order valence-electron chi connectivity index (χ0n) is 27.5. The summed E-state index contributed by atoms with van der Waals surface area (Å²) in [7, 11) is 0. The first kappa shape index (κ1) is 38.0. The Morgan fingerprint density at radius 1 is 0.694 bits per heavy atom. The lowest BCUT2D eigenvalue weighted by Crippen LogP contribution is -2.14. The number of hydrogen-bond acceptors (Lipinski definition) is 10. The SMILES string of the molecule is CCCCCCCCOc1cc(N)c(-c2ccc(C(=O)OCCCCCCOC(=O)c3cc(C(=O)O)ccc3C(=O)O)cc2)cc1[N+](=O)[O-]. The number of rotatable bonds is 21. The fourth-order valence-electron chi connectivity index (χ4n) is 5.02. The highest BCUT2D eigenvalue weighted by atomic mass is 16.6. The van der Waals surface area contributed by atoms with Crippen LogP contribution in [0.15, 0.2) is 54.6 Å². The number of benzene rings is 3. The van der Waals surface area contributed by atoms with Gasteiger partial charge in [-0.2, -0.15) is 0 Å². The van der Waals surface area contributed by atoms with Crippen LogP contribution in [0.2, 0.25) is 0 Å². The van der Waals surface area contributed by atoms with Gasteiger partial charge in [0.25, 0.3) is 0 Å². The van der Waals surface area contributed by atoms with Gasteiger partial charge in [-0.15, -0.1) is 0 Å². The Balaban J connectivity index is 1.42. The van der Waals surface area contributed by atoms with Crippen LogP contribution in [0.25, 0.3) is 11.1 Å². The van der Waals surface area contributed by atoms with E-state index in [1.165, 1.54) is 18.6 Å². The number of unbranched alkanes of at least 4 members (excludes halogenated alkanes) is 8. The molecule has 0 bridgehead atoms. The molecule has 0 aliphatic rings.